The second-order valence-corrected chi connectivity index (χ2v) is 7.91. The molecule has 0 aliphatic carbocycles. The Labute approximate surface area is 179 Å². The van der Waals surface area contributed by atoms with Crippen molar-refractivity contribution in [2.75, 3.05) is 0 Å². The Morgan fingerprint density at radius 1 is 1.07 bits per heavy atom. The maximum atomic E-state index is 13.4. The fourth-order valence-corrected chi connectivity index (χ4v) is 4.10. The maximum absolute atomic E-state index is 13.4. The van der Waals surface area contributed by atoms with E-state index in [9.17, 15) is 4.79 Å². The van der Waals surface area contributed by atoms with Crippen LogP contribution in [0.2, 0.25) is 5.02 Å². The second-order valence-electron chi connectivity index (χ2n) is 7.48. The summed E-state index contributed by atoms with van der Waals surface area (Å²) < 4.78 is 0. The first-order chi connectivity index (χ1) is 14.6. The van der Waals surface area contributed by atoms with E-state index in [1.54, 1.807) is 12.4 Å². The molecule has 0 saturated carbocycles. The number of pyridine rings is 1. The fraction of sp³-hybridized carbons (Fsp3) is 0.125. The van der Waals surface area contributed by atoms with Gasteiger partial charge in [-0.3, -0.25) is 14.9 Å². The number of aryl methyl sites for hydroxylation is 1. The molecule has 1 unspecified atom stereocenters. The van der Waals surface area contributed by atoms with E-state index in [2.05, 4.69) is 34.2 Å². The Morgan fingerprint density at radius 3 is 2.53 bits per heavy atom. The molecule has 148 valence electrons. The number of aromatic amines is 1. The second kappa shape index (κ2) is 7.43. The SMILES string of the molecule is Cc1ccc(-c2n[nH]c3c2C(c2ccc(Cl)cc2)N(Cc2cccnc2)C3=O)cc1. The van der Waals surface area contributed by atoms with Gasteiger partial charge in [-0.15, -0.1) is 0 Å². The van der Waals surface area contributed by atoms with Crippen LogP contribution in [-0.2, 0) is 6.54 Å². The average molecular weight is 415 g/mol. The first-order valence-corrected chi connectivity index (χ1v) is 10.1. The summed E-state index contributed by atoms with van der Waals surface area (Å²) in [6, 6.07) is 19.4. The minimum atomic E-state index is -0.264. The molecule has 30 heavy (non-hydrogen) atoms. The van der Waals surface area contributed by atoms with E-state index in [1.807, 2.05) is 53.4 Å². The quantitative estimate of drug-likeness (QED) is 0.500. The smallest absolute Gasteiger partial charge is 0.273 e. The number of nitrogens with zero attached hydrogens (tertiary/aromatic N) is 3. The van der Waals surface area contributed by atoms with Crippen LogP contribution in [0, 0.1) is 6.92 Å². The highest BCUT2D eigenvalue weighted by Gasteiger charge is 2.42. The molecule has 1 atom stereocenters. The van der Waals surface area contributed by atoms with Gasteiger partial charge in [0, 0.05) is 35.1 Å². The molecule has 0 radical (unpaired) electrons. The number of hydrogen-bond acceptors (Lipinski definition) is 3. The first kappa shape index (κ1) is 18.6. The summed E-state index contributed by atoms with van der Waals surface area (Å²) >= 11 is 6.13. The van der Waals surface area contributed by atoms with Gasteiger partial charge in [0.15, 0.2) is 0 Å². The zero-order chi connectivity index (χ0) is 20.7. The molecule has 1 amide bonds. The number of carbonyl (C=O) groups excluding carboxylic acids is 1. The Morgan fingerprint density at radius 2 is 1.83 bits per heavy atom. The molecule has 6 heteroatoms. The van der Waals surface area contributed by atoms with Crippen LogP contribution in [-0.4, -0.2) is 26.0 Å². The van der Waals surface area contributed by atoms with Gasteiger partial charge < -0.3 is 4.90 Å². The van der Waals surface area contributed by atoms with Crippen molar-refractivity contribution < 1.29 is 4.79 Å². The van der Waals surface area contributed by atoms with Gasteiger partial charge in [-0.2, -0.15) is 5.10 Å². The lowest BCUT2D eigenvalue weighted by Crippen LogP contribution is -2.29. The molecular weight excluding hydrogens is 396 g/mol. The van der Waals surface area contributed by atoms with Gasteiger partial charge in [0.25, 0.3) is 5.91 Å². The third-order valence-electron chi connectivity index (χ3n) is 5.45. The molecule has 5 nitrogen and oxygen atoms in total. The summed E-state index contributed by atoms with van der Waals surface area (Å²) in [5, 5.41) is 8.17. The zero-order valence-electron chi connectivity index (χ0n) is 16.3. The van der Waals surface area contributed by atoms with E-state index in [0.29, 0.717) is 17.3 Å². The van der Waals surface area contributed by atoms with Crippen molar-refractivity contribution in [1.29, 1.82) is 0 Å². The van der Waals surface area contributed by atoms with Gasteiger partial charge >= 0.3 is 0 Å². The predicted molar refractivity (Wildman–Crippen MR) is 116 cm³/mol. The lowest BCUT2D eigenvalue weighted by atomic mass is 9.95. The number of aromatic nitrogens is 3. The fourth-order valence-electron chi connectivity index (χ4n) is 3.97. The van der Waals surface area contributed by atoms with E-state index in [4.69, 9.17) is 11.6 Å². The first-order valence-electron chi connectivity index (χ1n) is 9.72. The lowest BCUT2D eigenvalue weighted by molar-refractivity contribution is 0.0730. The molecule has 2 aromatic heterocycles. The molecule has 2 aromatic carbocycles. The molecule has 4 aromatic rings. The molecule has 5 rings (SSSR count). The van der Waals surface area contributed by atoms with E-state index in [1.165, 1.54) is 5.56 Å². The number of nitrogens with one attached hydrogen (secondary N) is 1. The van der Waals surface area contributed by atoms with Crippen molar-refractivity contribution in [2.45, 2.75) is 19.5 Å². The van der Waals surface area contributed by atoms with Crippen LogP contribution in [0.4, 0.5) is 0 Å². The minimum Gasteiger partial charge on any atom is -0.322 e. The number of amides is 1. The largest absolute Gasteiger partial charge is 0.322 e. The molecule has 0 bridgehead atoms. The molecule has 1 N–H and O–H groups in total. The Hall–Kier alpha value is -3.44. The lowest BCUT2D eigenvalue weighted by Gasteiger charge is -2.26. The number of rotatable bonds is 4. The van der Waals surface area contributed by atoms with Gasteiger partial charge in [-0.25, -0.2) is 0 Å². The summed E-state index contributed by atoms with van der Waals surface area (Å²) in [5.74, 6) is -0.0698. The Bertz CT molecular complexity index is 1200. The number of fused-ring (bicyclic) bond motifs is 1. The van der Waals surface area contributed by atoms with Crippen LogP contribution < -0.4 is 0 Å². The number of halogens is 1. The summed E-state index contributed by atoms with van der Waals surface area (Å²) in [6.45, 7) is 2.50. The Balaban J connectivity index is 1.64. The highest BCUT2D eigenvalue weighted by Crippen LogP contribution is 2.43. The normalized spacial score (nSPS) is 15.5. The van der Waals surface area contributed by atoms with Gasteiger partial charge in [-0.05, 0) is 36.2 Å². The molecule has 1 aliphatic heterocycles. The van der Waals surface area contributed by atoms with Gasteiger partial charge in [-0.1, -0.05) is 59.6 Å². The van der Waals surface area contributed by atoms with Crippen LogP contribution in [0.5, 0.6) is 0 Å². The van der Waals surface area contributed by atoms with Crippen molar-refractivity contribution in [2.24, 2.45) is 0 Å². The predicted octanol–water partition coefficient (Wildman–Crippen LogP) is 5.18. The van der Waals surface area contributed by atoms with Crippen molar-refractivity contribution in [3.05, 3.63) is 106 Å². The van der Waals surface area contributed by atoms with Crippen molar-refractivity contribution >= 4 is 17.5 Å². The number of hydrogen-bond donors (Lipinski definition) is 1. The molecule has 0 saturated heterocycles. The zero-order valence-corrected chi connectivity index (χ0v) is 17.1. The molecular formula is C24H19ClN4O. The molecule has 0 spiro atoms. The maximum Gasteiger partial charge on any atom is 0.273 e. The monoisotopic (exact) mass is 414 g/mol. The van der Waals surface area contributed by atoms with E-state index in [-0.39, 0.29) is 11.9 Å². The molecule has 1 aliphatic rings. The van der Waals surface area contributed by atoms with E-state index < -0.39 is 0 Å². The summed E-state index contributed by atoms with van der Waals surface area (Å²) in [7, 11) is 0. The third kappa shape index (κ3) is 3.17. The summed E-state index contributed by atoms with van der Waals surface area (Å²) in [6.07, 6.45) is 3.52. The van der Waals surface area contributed by atoms with Crippen LogP contribution >= 0.6 is 11.6 Å². The molecule has 3 heterocycles. The topological polar surface area (TPSA) is 61.9 Å². The van der Waals surface area contributed by atoms with Gasteiger partial charge in [0.1, 0.15) is 5.69 Å². The summed E-state index contributed by atoms with van der Waals surface area (Å²) in [5.41, 5.74) is 6.35. The number of H-pyrrole nitrogens is 1. The van der Waals surface area contributed by atoms with Crippen LogP contribution in [0.3, 0.4) is 0 Å². The number of carbonyl (C=O) groups is 1. The van der Waals surface area contributed by atoms with Crippen LogP contribution in [0.15, 0.2) is 73.1 Å². The van der Waals surface area contributed by atoms with Gasteiger partial charge in [0.05, 0.1) is 11.7 Å². The average Bonchev–Trinajstić information content (AvgIpc) is 3.30. The molecule has 0 fully saturated rings. The van der Waals surface area contributed by atoms with Gasteiger partial charge in [0.2, 0.25) is 0 Å². The van der Waals surface area contributed by atoms with E-state index in [0.717, 1.165) is 27.9 Å². The van der Waals surface area contributed by atoms with Crippen LogP contribution in [0.1, 0.15) is 38.8 Å². The third-order valence-corrected chi connectivity index (χ3v) is 5.70. The summed E-state index contributed by atoms with van der Waals surface area (Å²) in [4.78, 5) is 19.4. The van der Waals surface area contributed by atoms with Crippen molar-refractivity contribution in [3.8, 4) is 11.3 Å². The highest BCUT2D eigenvalue weighted by molar-refractivity contribution is 6.30. The number of benzene rings is 2. The van der Waals surface area contributed by atoms with Crippen LogP contribution in [0.25, 0.3) is 11.3 Å². The van der Waals surface area contributed by atoms with Crippen molar-refractivity contribution in [3.63, 3.8) is 0 Å². The van der Waals surface area contributed by atoms with Crippen molar-refractivity contribution in [1.82, 2.24) is 20.1 Å². The highest BCUT2D eigenvalue weighted by atomic mass is 35.5. The Kier molecular flexibility index (Phi) is 4.60. The van der Waals surface area contributed by atoms with E-state index >= 15 is 0 Å². The standard InChI is InChI=1S/C24H19ClN4O/c1-15-4-6-17(7-5-15)21-20-22(28-27-21)24(30)29(14-16-3-2-12-26-13-16)23(20)18-8-10-19(25)11-9-18/h2-13,23H,14H2,1H3,(H,27,28). The minimum absolute atomic E-state index is 0.0698.